The Morgan fingerprint density at radius 1 is 0.963 bits per heavy atom. The molecule has 1 heterocycles. The molecule has 0 aliphatic rings. The van der Waals surface area contributed by atoms with Gasteiger partial charge in [-0.1, -0.05) is 47.1 Å². The number of hydrogen-bond donors (Lipinski definition) is 0. The van der Waals surface area contributed by atoms with Gasteiger partial charge in [-0.05, 0) is 60.2 Å². The third-order valence-corrected chi connectivity index (χ3v) is 5.65. The van der Waals surface area contributed by atoms with E-state index in [2.05, 4.69) is 10.6 Å². The van der Waals surface area contributed by atoms with Gasteiger partial charge >= 0.3 is 0 Å². The summed E-state index contributed by atoms with van der Waals surface area (Å²) in [6.07, 6.45) is 0. The summed E-state index contributed by atoms with van der Waals surface area (Å²) in [5, 5.41) is 2.32. The van der Waals surface area contributed by atoms with Crippen molar-refractivity contribution in [1.29, 1.82) is 0 Å². The predicted molar refractivity (Wildman–Crippen MR) is 114 cm³/mol. The number of fused-ring (bicyclic) bond motifs is 1. The molecular weight excluding hydrogens is 399 g/mol. The van der Waals surface area contributed by atoms with E-state index < -0.39 is 0 Å². The van der Waals surface area contributed by atoms with Gasteiger partial charge in [-0.25, -0.2) is 4.98 Å². The number of ether oxygens (including phenoxy) is 1. The van der Waals surface area contributed by atoms with Crippen LogP contribution in [0.1, 0.15) is 5.56 Å². The Labute approximate surface area is 171 Å². The second kappa shape index (κ2) is 7.85. The quantitative estimate of drug-likeness (QED) is 0.342. The van der Waals surface area contributed by atoms with Crippen molar-refractivity contribution < 1.29 is 4.74 Å². The summed E-state index contributed by atoms with van der Waals surface area (Å²) in [6.45, 7) is 0. The summed E-state index contributed by atoms with van der Waals surface area (Å²) < 4.78 is 7.40. The standard InChI is InChI=1S/C21H16Cl2N2OS/c1-26-18-8-6-17(7-9-18)25-20-12-16(23)5-10-19(20)24-21(25)27-13-14-3-2-4-15(22)11-14/h2-12H,13H2,1H3. The first-order chi connectivity index (χ1) is 13.1. The zero-order chi connectivity index (χ0) is 18.8. The molecule has 3 aromatic carbocycles. The first-order valence-corrected chi connectivity index (χ1v) is 10.1. The molecule has 0 saturated carbocycles. The Hall–Kier alpha value is -2.14. The van der Waals surface area contributed by atoms with E-state index in [1.165, 1.54) is 0 Å². The van der Waals surface area contributed by atoms with E-state index in [1.807, 2.05) is 60.7 Å². The SMILES string of the molecule is COc1ccc(-n2c(SCc3cccc(Cl)c3)nc3ccc(Cl)cc32)cc1. The van der Waals surface area contributed by atoms with E-state index in [0.717, 1.165) is 44.0 Å². The number of benzene rings is 3. The summed E-state index contributed by atoms with van der Waals surface area (Å²) in [6, 6.07) is 21.6. The molecule has 0 unspecified atom stereocenters. The molecule has 0 fully saturated rings. The van der Waals surface area contributed by atoms with Gasteiger partial charge < -0.3 is 4.74 Å². The number of nitrogens with zero attached hydrogens (tertiary/aromatic N) is 2. The van der Waals surface area contributed by atoms with Crippen molar-refractivity contribution in [1.82, 2.24) is 9.55 Å². The molecule has 0 atom stereocenters. The van der Waals surface area contributed by atoms with Crippen molar-refractivity contribution in [3.63, 3.8) is 0 Å². The zero-order valence-corrected chi connectivity index (χ0v) is 16.9. The molecule has 0 spiro atoms. The van der Waals surface area contributed by atoms with Gasteiger partial charge in [-0.3, -0.25) is 4.57 Å². The molecule has 3 nitrogen and oxygen atoms in total. The highest BCUT2D eigenvalue weighted by Crippen LogP contribution is 2.32. The minimum atomic E-state index is 0.684. The van der Waals surface area contributed by atoms with Crippen molar-refractivity contribution in [2.45, 2.75) is 10.9 Å². The van der Waals surface area contributed by atoms with Crippen LogP contribution < -0.4 is 4.74 Å². The van der Waals surface area contributed by atoms with Crippen LogP contribution in [0.5, 0.6) is 5.75 Å². The van der Waals surface area contributed by atoms with Crippen LogP contribution in [0.4, 0.5) is 0 Å². The maximum atomic E-state index is 6.24. The fourth-order valence-corrected chi connectivity index (χ4v) is 4.23. The van der Waals surface area contributed by atoms with E-state index in [1.54, 1.807) is 18.9 Å². The molecule has 27 heavy (non-hydrogen) atoms. The van der Waals surface area contributed by atoms with Crippen LogP contribution in [0.2, 0.25) is 10.0 Å². The van der Waals surface area contributed by atoms with Crippen LogP contribution in [-0.4, -0.2) is 16.7 Å². The monoisotopic (exact) mass is 414 g/mol. The van der Waals surface area contributed by atoms with Crippen molar-refractivity contribution in [3.8, 4) is 11.4 Å². The first-order valence-electron chi connectivity index (χ1n) is 8.34. The lowest BCUT2D eigenvalue weighted by molar-refractivity contribution is 0.414. The van der Waals surface area contributed by atoms with E-state index in [4.69, 9.17) is 32.9 Å². The second-order valence-corrected chi connectivity index (χ2v) is 7.79. The van der Waals surface area contributed by atoms with Gasteiger partial charge in [0.25, 0.3) is 0 Å². The van der Waals surface area contributed by atoms with Gasteiger partial charge in [-0.15, -0.1) is 0 Å². The number of thioether (sulfide) groups is 1. The van der Waals surface area contributed by atoms with Gasteiger partial charge in [0.05, 0.1) is 18.1 Å². The molecule has 0 N–H and O–H groups in total. The van der Waals surface area contributed by atoms with Gasteiger partial charge in [0.2, 0.25) is 0 Å². The van der Waals surface area contributed by atoms with Crippen molar-refractivity contribution in [2.75, 3.05) is 7.11 Å². The maximum Gasteiger partial charge on any atom is 0.174 e. The van der Waals surface area contributed by atoms with Crippen LogP contribution >= 0.6 is 35.0 Å². The molecule has 0 saturated heterocycles. The highest BCUT2D eigenvalue weighted by Gasteiger charge is 2.14. The molecule has 0 aliphatic carbocycles. The lowest BCUT2D eigenvalue weighted by atomic mass is 10.2. The minimum Gasteiger partial charge on any atom is -0.497 e. The Balaban J connectivity index is 1.76. The summed E-state index contributed by atoms with van der Waals surface area (Å²) in [5.41, 5.74) is 4.04. The Morgan fingerprint density at radius 2 is 1.74 bits per heavy atom. The van der Waals surface area contributed by atoms with Crippen LogP contribution in [0, 0.1) is 0 Å². The van der Waals surface area contributed by atoms with Crippen LogP contribution in [-0.2, 0) is 5.75 Å². The number of methoxy groups -OCH3 is 1. The number of halogens is 2. The van der Waals surface area contributed by atoms with Crippen LogP contribution in [0.3, 0.4) is 0 Å². The predicted octanol–water partition coefficient (Wildman–Crippen LogP) is 6.63. The van der Waals surface area contributed by atoms with E-state index in [9.17, 15) is 0 Å². The number of hydrogen-bond acceptors (Lipinski definition) is 3. The normalized spacial score (nSPS) is 11.1. The molecule has 4 rings (SSSR count). The first kappa shape index (κ1) is 18.2. The maximum absolute atomic E-state index is 6.24. The summed E-state index contributed by atoms with van der Waals surface area (Å²) in [7, 11) is 1.66. The molecule has 1 aromatic heterocycles. The smallest absolute Gasteiger partial charge is 0.174 e. The van der Waals surface area contributed by atoms with Gasteiger partial charge in [0.15, 0.2) is 5.16 Å². The summed E-state index contributed by atoms with van der Waals surface area (Å²) >= 11 is 14.0. The third-order valence-electron chi connectivity index (χ3n) is 4.17. The van der Waals surface area contributed by atoms with Crippen molar-refractivity contribution in [2.24, 2.45) is 0 Å². The molecule has 0 bridgehead atoms. The average molecular weight is 415 g/mol. The topological polar surface area (TPSA) is 27.1 Å². The van der Waals surface area contributed by atoms with E-state index in [-0.39, 0.29) is 0 Å². The lowest BCUT2D eigenvalue weighted by Crippen LogP contribution is -1.97. The molecule has 6 heteroatoms. The van der Waals surface area contributed by atoms with Crippen molar-refractivity contribution in [3.05, 3.63) is 82.3 Å². The minimum absolute atomic E-state index is 0.684. The van der Waals surface area contributed by atoms with Crippen LogP contribution in [0.15, 0.2) is 71.9 Å². The molecule has 0 radical (unpaired) electrons. The van der Waals surface area contributed by atoms with Gasteiger partial charge in [0, 0.05) is 21.5 Å². The van der Waals surface area contributed by atoms with Crippen LogP contribution in [0.25, 0.3) is 16.7 Å². The molecule has 0 amide bonds. The average Bonchev–Trinajstić information content (AvgIpc) is 3.04. The molecule has 4 aromatic rings. The van der Waals surface area contributed by atoms with Gasteiger partial charge in [-0.2, -0.15) is 0 Å². The highest BCUT2D eigenvalue weighted by atomic mass is 35.5. The third kappa shape index (κ3) is 3.93. The summed E-state index contributed by atoms with van der Waals surface area (Å²) in [4.78, 5) is 4.81. The molecule has 136 valence electrons. The second-order valence-electron chi connectivity index (χ2n) is 5.98. The Kier molecular flexibility index (Phi) is 5.30. The number of imidazole rings is 1. The summed E-state index contributed by atoms with van der Waals surface area (Å²) in [5.74, 6) is 1.59. The van der Waals surface area contributed by atoms with Crippen molar-refractivity contribution >= 4 is 46.0 Å². The Bertz CT molecular complexity index is 1090. The highest BCUT2D eigenvalue weighted by molar-refractivity contribution is 7.98. The fourth-order valence-electron chi connectivity index (χ4n) is 2.88. The van der Waals surface area contributed by atoms with Gasteiger partial charge in [0.1, 0.15) is 5.75 Å². The zero-order valence-electron chi connectivity index (χ0n) is 14.5. The number of rotatable bonds is 5. The Morgan fingerprint density at radius 3 is 2.48 bits per heavy atom. The molecular formula is C21H16Cl2N2OS. The largest absolute Gasteiger partial charge is 0.497 e. The van der Waals surface area contributed by atoms with E-state index in [0.29, 0.717) is 5.02 Å². The van der Waals surface area contributed by atoms with E-state index >= 15 is 0 Å². The fraction of sp³-hybridized carbons (Fsp3) is 0.0952. The lowest BCUT2D eigenvalue weighted by Gasteiger charge is -2.10. The molecule has 0 aliphatic heterocycles. The number of aromatic nitrogens is 2.